The van der Waals surface area contributed by atoms with Gasteiger partial charge in [-0.1, -0.05) is 31.0 Å². The van der Waals surface area contributed by atoms with E-state index in [1.807, 2.05) is 7.05 Å². The summed E-state index contributed by atoms with van der Waals surface area (Å²) in [7, 11) is 2.04. The van der Waals surface area contributed by atoms with E-state index in [9.17, 15) is 0 Å². The van der Waals surface area contributed by atoms with Crippen molar-refractivity contribution in [1.29, 1.82) is 0 Å². The van der Waals surface area contributed by atoms with E-state index in [0.29, 0.717) is 0 Å². The third-order valence-electron chi connectivity index (χ3n) is 5.00. The summed E-state index contributed by atoms with van der Waals surface area (Å²) in [4.78, 5) is 2.69. The number of aryl methyl sites for hydroxylation is 1. The molecule has 1 heterocycles. The normalized spacial score (nSPS) is 18.8. The zero-order chi connectivity index (χ0) is 13.8. The van der Waals surface area contributed by atoms with Gasteiger partial charge in [0, 0.05) is 18.8 Å². The SMILES string of the molecule is CNCCCc1cccc2c1N(CC1CCCC1)CC2. The Kier molecular flexibility index (Phi) is 4.62. The maximum atomic E-state index is 3.26. The number of hydrogen-bond donors (Lipinski definition) is 1. The lowest BCUT2D eigenvalue weighted by Gasteiger charge is -2.25. The first-order chi connectivity index (χ1) is 9.88. The molecule has 0 atom stereocenters. The number of nitrogens with one attached hydrogen (secondary N) is 1. The lowest BCUT2D eigenvalue weighted by Crippen LogP contribution is -2.27. The molecule has 1 aromatic carbocycles. The quantitative estimate of drug-likeness (QED) is 0.799. The smallest absolute Gasteiger partial charge is 0.0432 e. The first kappa shape index (κ1) is 13.9. The largest absolute Gasteiger partial charge is 0.370 e. The summed E-state index contributed by atoms with van der Waals surface area (Å²) in [6, 6.07) is 6.94. The van der Waals surface area contributed by atoms with Crippen LogP contribution in [0.5, 0.6) is 0 Å². The van der Waals surface area contributed by atoms with Gasteiger partial charge in [0.2, 0.25) is 0 Å². The minimum Gasteiger partial charge on any atom is -0.370 e. The van der Waals surface area contributed by atoms with Gasteiger partial charge < -0.3 is 10.2 Å². The maximum absolute atomic E-state index is 3.26. The summed E-state index contributed by atoms with van der Waals surface area (Å²) in [6.45, 7) is 3.66. The molecule has 2 aliphatic rings. The van der Waals surface area contributed by atoms with E-state index < -0.39 is 0 Å². The minimum absolute atomic E-state index is 0.950. The molecule has 1 fully saturated rings. The highest BCUT2D eigenvalue weighted by Crippen LogP contribution is 2.35. The predicted octanol–water partition coefficient (Wildman–Crippen LogP) is 3.39. The van der Waals surface area contributed by atoms with E-state index in [1.165, 1.54) is 58.0 Å². The second-order valence-electron chi connectivity index (χ2n) is 6.48. The molecule has 0 saturated heterocycles. The monoisotopic (exact) mass is 272 g/mol. The van der Waals surface area contributed by atoms with Crippen LogP contribution in [0.2, 0.25) is 0 Å². The second-order valence-corrected chi connectivity index (χ2v) is 6.48. The molecular formula is C18H28N2. The van der Waals surface area contributed by atoms with Gasteiger partial charge in [0.25, 0.3) is 0 Å². The van der Waals surface area contributed by atoms with Gasteiger partial charge in [0.05, 0.1) is 0 Å². The van der Waals surface area contributed by atoms with Gasteiger partial charge in [-0.25, -0.2) is 0 Å². The van der Waals surface area contributed by atoms with E-state index in [2.05, 4.69) is 28.4 Å². The van der Waals surface area contributed by atoms with Crippen LogP contribution in [0.3, 0.4) is 0 Å². The lowest BCUT2D eigenvalue weighted by atomic mass is 10.0. The van der Waals surface area contributed by atoms with Crippen molar-refractivity contribution in [2.75, 3.05) is 31.6 Å². The number of para-hydroxylation sites is 1. The van der Waals surface area contributed by atoms with Gasteiger partial charge in [-0.05, 0) is 62.7 Å². The molecule has 0 amide bonds. The van der Waals surface area contributed by atoms with Gasteiger partial charge in [-0.3, -0.25) is 0 Å². The summed E-state index contributed by atoms with van der Waals surface area (Å²) in [5.41, 5.74) is 4.76. The molecule has 0 bridgehead atoms. The first-order valence-electron chi connectivity index (χ1n) is 8.39. The molecule has 20 heavy (non-hydrogen) atoms. The van der Waals surface area contributed by atoms with Crippen LogP contribution in [-0.2, 0) is 12.8 Å². The summed E-state index contributed by atoms with van der Waals surface area (Å²) < 4.78 is 0. The molecule has 110 valence electrons. The fraction of sp³-hybridized carbons (Fsp3) is 0.667. The van der Waals surface area contributed by atoms with Crippen molar-refractivity contribution in [2.24, 2.45) is 5.92 Å². The van der Waals surface area contributed by atoms with Crippen LogP contribution in [0.1, 0.15) is 43.2 Å². The third kappa shape index (κ3) is 3.01. The Hall–Kier alpha value is -1.02. The van der Waals surface area contributed by atoms with E-state index in [0.717, 1.165) is 12.5 Å². The summed E-state index contributed by atoms with van der Waals surface area (Å²) in [5, 5.41) is 3.26. The number of nitrogens with zero attached hydrogens (tertiary/aromatic N) is 1. The molecule has 0 radical (unpaired) electrons. The Bertz CT molecular complexity index is 435. The Morgan fingerprint density at radius 1 is 1.25 bits per heavy atom. The van der Waals surface area contributed by atoms with Gasteiger partial charge in [0.1, 0.15) is 0 Å². The Labute approximate surface area is 123 Å². The van der Waals surface area contributed by atoms with Gasteiger partial charge >= 0.3 is 0 Å². The third-order valence-corrected chi connectivity index (χ3v) is 5.00. The van der Waals surface area contributed by atoms with Crippen molar-refractivity contribution in [3.8, 4) is 0 Å². The van der Waals surface area contributed by atoms with E-state index in [4.69, 9.17) is 0 Å². The van der Waals surface area contributed by atoms with Crippen molar-refractivity contribution in [3.05, 3.63) is 29.3 Å². The van der Waals surface area contributed by atoms with Crippen LogP contribution in [0.15, 0.2) is 18.2 Å². The standard InChI is InChI=1S/C18H28N2/c1-19-12-5-10-16-8-4-9-17-11-13-20(18(16)17)14-15-6-2-3-7-15/h4,8-9,15,19H,2-3,5-7,10-14H2,1H3. The van der Waals surface area contributed by atoms with Crippen molar-refractivity contribution in [3.63, 3.8) is 0 Å². The highest BCUT2D eigenvalue weighted by Gasteiger charge is 2.25. The van der Waals surface area contributed by atoms with E-state index in [-0.39, 0.29) is 0 Å². The maximum Gasteiger partial charge on any atom is 0.0432 e. The molecule has 1 saturated carbocycles. The highest BCUT2D eigenvalue weighted by atomic mass is 15.2. The summed E-state index contributed by atoms with van der Waals surface area (Å²) in [6.07, 6.45) is 9.52. The Balaban J connectivity index is 1.72. The summed E-state index contributed by atoms with van der Waals surface area (Å²) >= 11 is 0. The molecule has 1 aliphatic heterocycles. The molecule has 3 rings (SSSR count). The fourth-order valence-electron chi connectivity index (χ4n) is 3.96. The van der Waals surface area contributed by atoms with Crippen LogP contribution in [0.25, 0.3) is 0 Å². The molecule has 2 heteroatoms. The van der Waals surface area contributed by atoms with E-state index >= 15 is 0 Å². The van der Waals surface area contributed by atoms with Crippen molar-refractivity contribution in [2.45, 2.75) is 44.9 Å². The van der Waals surface area contributed by atoms with Crippen molar-refractivity contribution in [1.82, 2.24) is 5.32 Å². The molecular weight excluding hydrogens is 244 g/mol. The predicted molar refractivity (Wildman–Crippen MR) is 86.6 cm³/mol. The zero-order valence-corrected chi connectivity index (χ0v) is 12.8. The number of anilines is 1. The molecule has 1 aromatic rings. The average molecular weight is 272 g/mol. The van der Waals surface area contributed by atoms with Crippen LogP contribution < -0.4 is 10.2 Å². The number of hydrogen-bond acceptors (Lipinski definition) is 2. The molecule has 0 aromatic heterocycles. The first-order valence-corrected chi connectivity index (χ1v) is 8.39. The molecule has 2 nitrogen and oxygen atoms in total. The van der Waals surface area contributed by atoms with Crippen molar-refractivity contribution < 1.29 is 0 Å². The van der Waals surface area contributed by atoms with Gasteiger partial charge in [-0.2, -0.15) is 0 Å². The number of benzene rings is 1. The highest BCUT2D eigenvalue weighted by molar-refractivity contribution is 5.63. The summed E-state index contributed by atoms with van der Waals surface area (Å²) in [5.74, 6) is 0.950. The van der Waals surface area contributed by atoms with Gasteiger partial charge in [-0.15, -0.1) is 0 Å². The van der Waals surface area contributed by atoms with E-state index in [1.54, 1.807) is 16.8 Å². The number of rotatable bonds is 6. The van der Waals surface area contributed by atoms with Crippen LogP contribution in [0.4, 0.5) is 5.69 Å². The number of fused-ring (bicyclic) bond motifs is 1. The molecule has 1 aliphatic carbocycles. The van der Waals surface area contributed by atoms with Crippen molar-refractivity contribution >= 4 is 5.69 Å². The van der Waals surface area contributed by atoms with Crippen LogP contribution in [0, 0.1) is 5.92 Å². The molecule has 1 N–H and O–H groups in total. The molecule has 0 unspecified atom stereocenters. The molecule has 0 spiro atoms. The fourth-order valence-corrected chi connectivity index (χ4v) is 3.96. The minimum atomic E-state index is 0.950. The second kappa shape index (κ2) is 6.62. The lowest BCUT2D eigenvalue weighted by molar-refractivity contribution is 0.537. The average Bonchev–Trinajstić information content (AvgIpc) is 3.10. The van der Waals surface area contributed by atoms with Crippen LogP contribution in [-0.4, -0.2) is 26.7 Å². The topological polar surface area (TPSA) is 15.3 Å². The van der Waals surface area contributed by atoms with Crippen LogP contribution >= 0.6 is 0 Å². The zero-order valence-electron chi connectivity index (χ0n) is 12.8. The van der Waals surface area contributed by atoms with Gasteiger partial charge in [0.15, 0.2) is 0 Å². The Morgan fingerprint density at radius 2 is 2.10 bits per heavy atom. The Morgan fingerprint density at radius 3 is 2.90 bits per heavy atom.